The van der Waals surface area contributed by atoms with E-state index in [1.165, 1.54) is 28.8 Å². The summed E-state index contributed by atoms with van der Waals surface area (Å²) in [6, 6.07) is 17.3. The minimum atomic E-state index is -0.951. The lowest BCUT2D eigenvalue weighted by molar-refractivity contribution is -0.128. The van der Waals surface area contributed by atoms with Crippen LogP contribution < -0.4 is 20.1 Å². The van der Waals surface area contributed by atoms with Crippen molar-refractivity contribution in [2.75, 3.05) is 12.1 Å². The lowest BCUT2D eigenvalue weighted by Crippen LogP contribution is -2.43. The van der Waals surface area contributed by atoms with E-state index in [-0.39, 0.29) is 37.4 Å². The van der Waals surface area contributed by atoms with Gasteiger partial charge in [-0.3, -0.25) is 19.4 Å². The van der Waals surface area contributed by atoms with Crippen LogP contribution in [0.1, 0.15) is 30.9 Å². The fourth-order valence-electron chi connectivity index (χ4n) is 4.71. The first-order valence-corrected chi connectivity index (χ1v) is 14.3. The van der Waals surface area contributed by atoms with Crippen molar-refractivity contribution in [3.63, 3.8) is 0 Å². The average Bonchev–Trinajstić information content (AvgIpc) is 3.59. The zero-order valence-corrected chi connectivity index (χ0v) is 23.3. The summed E-state index contributed by atoms with van der Waals surface area (Å²) in [6.45, 7) is 2.21. The highest BCUT2D eigenvalue weighted by molar-refractivity contribution is 8.15. The number of amides is 3. The third-order valence-electron chi connectivity index (χ3n) is 6.88. The lowest BCUT2D eigenvalue weighted by Gasteiger charge is -2.27. The Kier molecular flexibility index (Phi) is 7.62. The Morgan fingerprint density at radius 3 is 2.69 bits per heavy atom. The minimum absolute atomic E-state index is 0.131. The van der Waals surface area contributed by atoms with Gasteiger partial charge in [0.2, 0.25) is 18.6 Å². The Hall–Kier alpha value is -4.71. The van der Waals surface area contributed by atoms with Crippen molar-refractivity contribution in [1.82, 2.24) is 10.2 Å². The van der Waals surface area contributed by atoms with Gasteiger partial charge in [0.05, 0.1) is 17.4 Å². The third kappa shape index (κ3) is 5.57. The smallest absolute Gasteiger partial charge is 0.259 e. The van der Waals surface area contributed by atoms with E-state index in [1.54, 1.807) is 30.3 Å². The number of carbonyl (C=O) groups is 3. The number of benzene rings is 3. The van der Waals surface area contributed by atoms with Gasteiger partial charge in [-0.25, -0.2) is 14.3 Å². The summed E-state index contributed by atoms with van der Waals surface area (Å²) < 4.78 is 23.9. The van der Waals surface area contributed by atoms with Crippen LogP contribution in [0.2, 0.25) is 0 Å². The van der Waals surface area contributed by atoms with Crippen LogP contribution in [0.3, 0.4) is 0 Å². The summed E-state index contributed by atoms with van der Waals surface area (Å²) in [5.41, 5.74) is 2.58. The van der Waals surface area contributed by atoms with Crippen LogP contribution in [0.4, 0.5) is 15.8 Å². The van der Waals surface area contributed by atoms with E-state index in [0.717, 1.165) is 5.56 Å². The molecule has 0 saturated carbocycles. The molecule has 10 nitrogen and oxygen atoms in total. The number of thioether (sulfide) groups is 1. The van der Waals surface area contributed by atoms with Crippen molar-refractivity contribution >= 4 is 51.9 Å². The number of amidine groups is 2. The van der Waals surface area contributed by atoms with Crippen LogP contribution in [0.25, 0.3) is 0 Å². The van der Waals surface area contributed by atoms with Crippen molar-refractivity contribution in [3.05, 3.63) is 83.7 Å². The third-order valence-corrected chi connectivity index (χ3v) is 8.20. The Morgan fingerprint density at radius 2 is 1.88 bits per heavy atom. The summed E-state index contributed by atoms with van der Waals surface area (Å²) in [7, 11) is 0. The van der Waals surface area contributed by atoms with E-state index in [0.29, 0.717) is 45.9 Å². The molecule has 0 unspecified atom stereocenters. The molecule has 0 aromatic heterocycles. The number of rotatable bonds is 8. The zero-order valence-electron chi connectivity index (χ0n) is 22.5. The predicted octanol–water partition coefficient (Wildman–Crippen LogP) is 4.37. The second-order valence-corrected chi connectivity index (χ2v) is 10.9. The molecular formula is C30H26FN5O5S. The highest BCUT2D eigenvalue weighted by atomic mass is 32.2. The molecule has 3 aliphatic rings. The summed E-state index contributed by atoms with van der Waals surface area (Å²) in [5, 5.41) is 5.42. The Morgan fingerprint density at radius 1 is 1.10 bits per heavy atom. The number of para-hydroxylation sites is 1. The first kappa shape index (κ1) is 27.5. The van der Waals surface area contributed by atoms with E-state index in [1.807, 2.05) is 31.2 Å². The van der Waals surface area contributed by atoms with E-state index in [9.17, 15) is 18.8 Å². The average molecular weight is 588 g/mol. The SMILES string of the molecule is CC[C@@H](SC1=Nc2ccccc2C2=N[C@@H](CC(=O)NCc3ccc(F)cc3)C(=O)N12)C(=O)Nc1ccc2c(c1)OCO2. The monoisotopic (exact) mass is 587 g/mol. The number of aliphatic imine (C=N–C) groups is 2. The van der Waals surface area contributed by atoms with Crippen LogP contribution in [-0.2, 0) is 20.9 Å². The summed E-state index contributed by atoms with van der Waals surface area (Å²) in [4.78, 5) is 50.4. The molecule has 3 amide bonds. The quantitative estimate of drug-likeness (QED) is 0.404. The summed E-state index contributed by atoms with van der Waals surface area (Å²) in [6.07, 6.45) is 0.299. The van der Waals surface area contributed by atoms with Crippen molar-refractivity contribution in [1.29, 1.82) is 0 Å². The Labute approximate surface area is 245 Å². The molecule has 2 atom stereocenters. The van der Waals surface area contributed by atoms with Gasteiger partial charge in [-0.05, 0) is 48.4 Å². The van der Waals surface area contributed by atoms with Crippen molar-refractivity contribution in [2.24, 2.45) is 9.98 Å². The van der Waals surface area contributed by atoms with Crippen LogP contribution >= 0.6 is 11.8 Å². The number of anilines is 1. The normalized spacial score (nSPS) is 17.1. The first-order chi connectivity index (χ1) is 20.4. The molecule has 6 rings (SSSR count). The second kappa shape index (κ2) is 11.6. The van der Waals surface area contributed by atoms with Crippen LogP contribution in [0, 0.1) is 5.82 Å². The molecule has 0 saturated heterocycles. The van der Waals surface area contributed by atoms with Gasteiger partial charge in [0, 0.05) is 23.9 Å². The number of fused-ring (bicyclic) bond motifs is 4. The van der Waals surface area contributed by atoms with Gasteiger partial charge in [0.15, 0.2) is 16.7 Å². The Bertz CT molecular complexity index is 1630. The van der Waals surface area contributed by atoms with Crippen LogP contribution in [0.15, 0.2) is 76.7 Å². The molecule has 42 heavy (non-hydrogen) atoms. The molecule has 214 valence electrons. The number of hydrogen-bond donors (Lipinski definition) is 2. The van der Waals surface area contributed by atoms with Gasteiger partial charge >= 0.3 is 0 Å². The van der Waals surface area contributed by atoms with Gasteiger partial charge in [-0.2, -0.15) is 0 Å². The van der Waals surface area contributed by atoms with Crippen molar-refractivity contribution in [3.8, 4) is 11.5 Å². The highest BCUT2D eigenvalue weighted by Gasteiger charge is 2.43. The van der Waals surface area contributed by atoms with Crippen molar-refractivity contribution in [2.45, 2.75) is 37.6 Å². The second-order valence-electron chi connectivity index (χ2n) is 9.73. The standard InChI is InChI=1S/C30H26FN5O5S/c1-2-25(28(38)33-19-11-12-23-24(13-19)41-16-40-23)42-30-35-21-6-4-3-5-20(21)27-34-22(29(39)36(27)30)14-26(37)32-15-17-7-9-18(31)10-8-17/h3-13,22,25H,2,14-16H2,1H3,(H,32,37)(H,33,38)/t22-,25+/m0/s1. The molecule has 2 N–H and O–H groups in total. The number of hydrogen-bond acceptors (Lipinski definition) is 8. The van der Waals surface area contributed by atoms with E-state index < -0.39 is 17.2 Å². The molecule has 0 radical (unpaired) electrons. The van der Waals surface area contributed by atoms with E-state index in [4.69, 9.17) is 14.5 Å². The summed E-state index contributed by atoms with van der Waals surface area (Å²) >= 11 is 1.17. The van der Waals surface area contributed by atoms with Gasteiger partial charge in [-0.1, -0.05) is 43.0 Å². The Balaban J connectivity index is 1.17. The number of nitrogens with zero attached hydrogens (tertiary/aromatic N) is 3. The maximum Gasteiger partial charge on any atom is 0.259 e. The molecular weight excluding hydrogens is 561 g/mol. The largest absolute Gasteiger partial charge is 0.454 e. The molecule has 0 bridgehead atoms. The molecule has 0 fully saturated rings. The predicted molar refractivity (Wildman–Crippen MR) is 156 cm³/mol. The van der Waals surface area contributed by atoms with E-state index >= 15 is 0 Å². The first-order valence-electron chi connectivity index (χ1n) is 13.4. The van der Waals surface area contributed by atoms with Crippen LogP contribution in [-0.4, -0.2) is 51.7 Å². The number of nitrogens with one attached hydrogen (secondary N) is 2. The number of carbonyl (C=O) groups excluding carboxylic acids is 3. The van der Waals surface area contributed by atoms with Gasteiger partial charge in [0.25, 0.3) is 5.91 Å². The lowest BCUT2D eigenvalue weighted by atomic mass is 10.1. The van der Waals surface area contributed by atoms with Gasteiger partial charge < -0.3 is 20.1 Å². The molecule has 12 heteroatoms. The molecule has 3 aliphatic heterocycles. The fraction of sp³-hybridized carbons (Fsp3) is 0.233. The molecule has 3 heterocycles. The summed E-state index contributed by atoms with van der Waals surface area (Å²) in [5.74, 6) is 0.186. The highest BCUT2D eigenvalue weighted by Crippen LogP contribution is 2.37. The topological polar surface area (TPSA) is 122 Å². The van der Waals surface area contributed by atoms with Gasteiger partial charge in [-0.15, -0.1) is 0 Å². The van der Waals surface area contributed by atoms with Crippen molar-refractivity contribution < 1.29 is 28.2 Å². The molecule has 0 spiro atoms. The van der Waals surface area contributed by atoms with Gasteiger partial charge in [0.1, 0.15) is 17.7 Å². The number of halogens is 1. The molecule has 3 aromatic rings. The molecule has 0 aliphatic carbocycles. The fourth-order valence-corrected chi connectivity index (χ4v) is 5.73. The van der Waals surface area contributed by atoms with E-state index in [2.05, 4.69) is 15.6 Å². The maximum absolute atomic E-state index is 13.6. The van der Waals surface area contributed by atoms with Crippen LogP contribution in [0.5, 0.6) is 11.5 Å². The maximum atomic E-state index is 13.6. The minimum Gasteiger partial charge on any atom is -0.454 e. The number of ether oxygens (including phenoxy) is 2. The zero-order chi connectivity index (χ0) is 29.2. The molecule has 3 aromatic carbocycles.